The maximum atomic E-state index is 11.0. The smallest absolute Gasteiger partial charge is 0.333 e. The lowest BCUT2D eigenvalue weighted by molar-refractivity contribution is -0.141. The van der Waals surface area contributed by atoms with Gasteiger partial charge in [0.2, 0.25) is 0 Å². The maximum absolute atomic E-state index is 11.0. The van der Waals surface area contributed by atoms with Gasteiger partial charge in [0.25, 0.3) is 0 Å². The van der Waals surface area contributed by atoms with Crippen LogP contribution in [0.15, 0.2) is 4.99 Å². The highest BCUT2D eigenvalue weighted by Gasteiger charge is 2.37. The quantitative estimate of drug-likeness (QED) is 0.290. The second-order valence-electron chi connectivity index (χ2n) is 2.67. The van der Waals surface area contributed by atoms with Crippen molar-refractivity contribution in [3.05, 3.63) is 0 Å². The molecule has 0 aromatic rings. The van der Waals surface area contributed by atoms with Crippen LogP contribution in [0.25, 0.3) is 0 Å². The zero-order valence-electron chi connectivity index (χ0n) is 7.93. The summed E-state index contributed by atoms with van der Waals surface area (Å²) >= 11 is 5.44. The van der Waals surface area contributed by atoms with Crippen LogP contribution in [0.2, 0.25) is 0 Å². The van der Waals surface area contributed by atoms with E-state index in [-0.39, 0.29) is 11.7 Å². The lowest BCUT2D eigenvalue weighted by Gasteiger charge is -2.22. The molecule has 0 bridgehead atoms. The molecular formula is C7H15N3O2S2. The minimum absolute atomic E-state index is 0.0766. The van der Waals surface area contributed by atoms with Gasteiger partial charge in [0, 0.05) is 11.5 Å². The van der Waals surface area contributed by atoms with Crippen LogP contribution >= 0.6 is 24.4 Å². The number of aliphatic imine (C=N–C) groups is 1. The summed E-state index contributed by atoms with van der Waals surface area (Å²) in [7, 11) is 0. The third-order valence-corrected chi connectivity index (χ3v) is 3.16. The number of thiol groups is 1. The Morgan fingerprint density at radius 1 is 1.64 bits per heavy atom. The molecule has 0 amide bonds. The van der Waals surface area contributed by atoms with Crippen molar-refractivity contribution in [2.45, 2.75) is 12.5 Å². The van der Waals surface area contributed by atoms with Crippen molar-refractivity contribution in [1.82, 2.24) is 0 Å². The molecule has 0 saturated carbocycles. The number of guanidine groups is 1. The van der Waals surface area contributed by atoms with E-state index in [1.807, 2.05) is 6.92 Å². The summed E-state index contributed by atoms with van der Waals surface area (Å²) in [5, 5.41) is 9.02. The van der Waals surface area contributed by atoms with Gasteiger partial charge in [0.15, 0.2) is 11.5 Å². The molecule has 7 heteroatoms. The van der Waals surface area contributed by atoms with Gasteiger partial charge in [-0.1, -0.05) is 6.92 Å². The Morgan fingerprint density at radius 3 is 2.50 bits per heavy atom. The SMILES string of the molecule is CCSCC(CS)(N=C(N)N)C(=O)O. The Kier molecular flexibility index (Phi) is 5.78. The zero-order valence-corrected chi connectivity index (χ0v) is 9.65. The summed E-state index contributed by atoms with van der Waals surface area (Å²) in [5.74, 6) is -0.0731. The molecule has 0 radical (unpaired) electrons. The summed E-state index contributed by atoms with van der Waals surface area (Å²) < 4.78 is 0. The fraction of sp³-hybridized carbons (Fsp3) is 0.714. The molecular weight excluding hydrogens is 222 g/mol. The highest BCUT2D eigenvalue weighted by Crippen LogP contribution is 2.20. The van der Waals surface area contributed by atoms with Gasteiger partial charge in [-0.2, -0.15) is 24.4 Å². The number of carboxylic acid groups (broad SMARTS) is 1. The first-order valence-corrected chi connectivity index (χ1v) is 5.80. The molecule has 0 rings (SSSR count). The molecule has 82 valence electrons. The Bertz CT molecular complexity index is 231. The summed E-state index contributed by atoms with van der Waals surface area (Å²) in [4.78, 5) is 14.8. The molecule has 0 aliphatic heterocycles. The van der Waals surface area contributed by atoms with Gasteiger partial charge in [-0.3, -0.25) is 0 Å². The zero-order chi connectivity index (χ0) is 11.2. The van der Waals surface area contributed by atoms with Gasteiger partial charge in [0.05, 0.1) is 0 Å². The van der Waals surface area contributed by atoms with Crippen LogP contribution < -0.4 is 11.5 Å². The number of hydrogen-bond acceptors (Lipinski definition) is 4. The molecule has 0 fully saturated rings. The van der Waals surface area contributed by atoms with Crippen molar-refractivity contribution in [1.29, 1.82) is 0 Å². The van der Waals surface area contributed by atoms with Crippen molar-refractivity contribution >= 4 is 36.3 Å². The van der Waals surface area contributed by atoms with Crippen molar-refractivity contribution in [3.8, 4) is 0 Å². The number of rotatable bonds is 6. The number of nitrogens with zero attached hydrogens (tertiary/aromatic N) is 1. The fourth-order valence-corrected chi connectivity index (χ4v) is 2.11. The minimum Gasteiger partial charge on any atom is -0.479 e. The normalized spacial score (nSPS) is 14.4. The number of aliphatic carboxylic acids is 1. The summed E-state index contributed by atoms with van der Waals surface area (Å²) in [6.45, 7) is 1.94. The third-order valence-electron chi connectivity index (χ3n) is 1.55. The average molecular weight is 237 g/mol. The lowest BCUT2D eigenvalue weighted by atomic mass is 10.1. The van der Waals surface area contributed by atoms with Crippen molar-refractivity contribution < 1.29 is 9.90 Å². The van der Waals surface area contributed by atoms with Crippen LogP contribution in [0.5, 0.6) is 0 Å². The van der Waals surface area contributed by atoms with Gasteiger partial charge in [-0.25, -0.2) is 9.79 Å². The second kappa shape index (κ2) is 6.02. The molecule has 14 heavy (non-hydrogen) atoms. The van der Waals surface area contributed by atoms with Crippen LogP contribution in [-0.2, 0) is 4.79 Å². The first-order chi connectivity index (χ1) is 6.48. The summed E-state index contributed by atoms with van der Waals surface area (Å²) in [6.07, 6.45) is 0. The predicted octanol–water partition coefficient (Wildman–Crippen LogP) is -0.234. The molecule has 5 nitrogen and oxygen atoms in total. The first kappa shape index (κ1) is 13.4. The maximum Gasteiger partial charge on any atom is 0.333 e. The van der Waals surface area contributed by atoms with Crippen LogP contribution in [0, 0.1) is 0 Å². The number of carbonyl (C=O) groups is 1. The molecule has 0 saturated heterocycles. The van der Waals surface area contributed by atoms with Gasteiger partial charge in [-0.15, -0.1) is 0 Å². The monoisotopic (exact) mass is 237 g/mol. The van der Waals surface area contributed by atoms with E-state index in [0.29, 0.717) is 5.75 Å². The number of nitrogens with two attached hydrogens (primary N) is 2. The Hall–Kier alpha value is -0.560. The van der Waals surface area contributed by atoms with Crippen molar-refractivity contribution in [2.24, 2.45) is 16.5 Å². The van der Waals surface area contributed by atoms with Crippen LogP contribution in [0.3, 0.4) is 0 Å². The molecule has 0 aromatic carbocycles. The van der Waals surface area contributed by atoms with Crippen LogP contribution in [0.1, 0.15) is 6.92 Å². The first-order valence-electron chi connectivity index (χ1n) is 4.01. The van der Waals surface area contributed by atoms with E-state index in [4.69, 9.17) is 16.6 Å². The number of hydrogen-bond donors (Lipinski definition) is 4. The van der Waals surface area contributed by atoms with E-state index in [2.05, 4.69) is 17.6 Å². The second-order valence-corrected chi connectivity index (χ2v) is 4.26. The van der Waals surface area contributed by atoms with Crippen molar-refractivity contribution in [3.63, 3.8) is 0 Å². The molecule has 5 N–H and O–H groups in total. The molecule has 0 aromatic heterocycles. The molecule has 1 unspecified atom stereocenters. The predicted molar refractivity (Wildman–Crippen MR) is 63.0 cm³/mol. The van der Waals surface area contributed by atoms with E-state index < -0.39 is 11.5 Å². The van der Waals surface area contributed by atoms with E-state index in [0.717, 1.165) is 5.75 Å². The molecule has 0 aliphatic rings. The lowest BCUT2D eigenvalue weighted by Crippen LogP contribution is -2.44. The number of carboxylic acids is 1. The number of thioether (sulfide) groups is 1. The van der Waals surface area contributed by atoms with E-state index in [1.165, 1.54) is 11.8 Å². The fourth-order valence-electron chi connectivity index (χ4n) is 0.808. The highest BCUT2D eigenvalue weighted by molar-refractivity contribution is 7.99. The van der Waals surface area contributed by atoms with E-state index in [9.17, 15) is 4.79 Å². The standard InChI is InChI=1S/C7H15N3O2S2/c1-2-14-4-7(3-13,5(11)12)10-6(8)9/h13H,2-4H2,1H3,(H,11,12)(H4,8,9,10). The molecule has 0 heterocycles. The minimum atomic E-state index is -1.30. The molecule has 0 aliphatic carbocycles. The molecule has 1 atom stereocenters. The van der Waals surface area contributed by atoms with E-state index in [1.54, 1.807) is 0 Å². The average Bonchev–Trinajstić information content (AvgIpc) is 2.11. The molecule has 0 spiro atoms. The topological polar surface area (TPSA) is 102 Å². The Balaban J connectivity index is 4.79. The van der Waals surface area contributed by atoms with Crippen LogP contribution in [-0.4, -0.2) is 39.8 Å². The Labute approximate surface area is 92.7 Å². The van der Waals surface area contributed by atoms with Crippen molar-refractivity contribution in [2.75, 3.05) is 17.3 Å². The van der Waals surface area contributed by atoms with Gasteiger partial charge >= 0.3 is 5.97 Å². The van der Waals surface area contributed by atoms with Gasteiger partial charge in [0.1, 0.15) is 0 Å². The van der Waals surface area contributed by atoms with Crippen LogP contribution in [0.4, 0.5) is 0 Å². The summed E-state index contributed by atoms with van der Waals surface area (Å²) in [6, 6.07) is 0. The Morgan fingerprint density at radius 2 is 2.21 bits per heavy atom. The third kappa shape index (κ3) is 3.67. The largest absolute Gasteiger partial charge is 0.479 e. The van der Waals surface area contributed by atoms with E-state index >= 15 is 0 Å². The summed E-state index contributed by atoms with van der Waals surface area (Å²) in [5.41, 5.74) is 9.07. The van der Waals surface area contributed by atoms with Gasteiger partial charge < -0.3 is 16.6 Å². The van der Waals surface area contributed by atoms with Gasteiger partial charge in [-0.05, 0) is 5.75 Å². The highest BCUT2D eigenvalue weighted by atomic mass is 32.2.